The molecule has 1 atom stereocenters. The number of nitrogens with zero attached hydrogens (tertiary/aromatic N) is 3. The number of anilines is 1. The van der Waals surface area contributed by atoms with Gasteiger partial charge in [0.2, 0.25) is 11.8 Å². The smallest absolute Gasteiger partial charge is 0.227 e. The number of carbonyl (C=O) groups is 2. The molecule has 0 saturated carbocycles. The summed E-state index contributed by atoms with van der Waals surface area (Å²) in [4.78, 5) is 25.7. The van der Waals surface area contributed by atoms with Crippen molar-refractivity contribution in [2.75, 3.05) is 11.4 Å². The van der Waals surface area contributed by atoms with E-state index in [2.05, 4.69) is 10.4 Å². The lowest BCUT2D eigenvalue weighted by molar-refractivity contribution is -0.126. The highest BCUT2D eigenvalue weighted by molar-refractivity contribution is 6.00. The second-order valence-corrected chi connectivity index (χ2v) is 5.07. The fourth-order valence-corrected chi connectivity index (χ4v) is 2.41. The average Bonchev–Trinajstić information content (AvgIpc) is 3.17. The molecular weight excluding hydrogens is 272 g/mol. The molecule has 3 heterocycles. The molecule has 21 heavy (non-hydrogen) atoms. The van der Waals surface area contributed by atoms with E-state index in [0.717, 1.165) is 5.69 Å². The van der Waals surface area contributed by atoms with E-state index in [-0.39, 0.29) is 24.2 Å². The van der Waals surface area contributed by atoms with Gasteiger partial charge in [0.25, 0.3) is 0 Å². The van der Waals surface area contributed by atoms with Crippen molar-refractivity contribution in [1.29, 1.82) is 0 Å². The minimum Gasteiger partial charge on any atom is -0.467 e. The molecule has 110 valence electrons. The summed E-state index contributed by atoms with van der Waals surface area (Å²) in [6.45, 7) is 0.720. The monoisotopic (exact) mass is 288 g/mol. The van der Waals surface area contributed by atoms with E-state index in [0.29, 0.717) is 18.8 Å². The summed E-state index contributed by atoms with van der Waals surface area (Å²) in [5.74, 6) is 0.164. The van der Waals surface area contributed by atoms with Crippen molar-refractivity contribution in [3.05, 3.63) is 36.5 Å². The first-order valence-corrected chi connectivity index (χ1v) is 6.72. The first-order chi connectivity index (χ1) is 10.1. The Balaban J connectivity index is 1.60. The Morgan fingerprint density at radius 2 is 2.43 bits per heavy atom. The van der Waals surface area contributed by atoms with Crippen LogP contribution in [0.5, 0.6) is 0 Å². The Morgan fingerprint density at radius 1 is 1.57 bits per heavy atom. The lowest BCUT2D eigenvalue weighted by atomic mass is 10.1. The summed E-state index contributed by atoms with van der Waals surface area (Å²) < 4.78 is 6.79. The summed E-state index contributed by atoms with van der Waals surface area (Å²) in [5, 5.41) is 6.84. The third-order valence-corrected chi connectivity index (χ3v) is 3.52. The van der Waals surface area contributed by atoms with Crippen LogP contribution in [0.3, 0.4) is 0 Å². The molecule has 2 aromatic heterocycles. The highest BCUT2D eigenvalue weighted by Crippen LogP contribution is 2.24. The number of rotatable bonds is 4. The van der Waals surface area contributed by atoms with Crippen LogP contribution in [0.15, 0.2) is 35.2 Å². The minimum absolute atomic E-state index is 0.0545. The third-order valence-electron chi connectivity index (χ3n) is 3.52. The Morgan fingerprint density at radius 3 is 3.10 bits per heavy atom. The van der Waals surface area contributed by atoms with Gasteiger partial charge in [0.1, 0.15) is 5.76 Å². The maximum absolute atomic E-state index is 12.1. The zero-order valence-electron chi connectivity index (χ0n) is 11.7. The fraction of sp³-hybridized carbons (Fsp3) is 0.357. The maximum Gasteiger partial charge on any atom is 0.227 e. The number of carbonyl (C=O) groups excluding carboxylic acids is 2. The molecule has 2 amide bonds. The predicted molar refractivity (Wildman–Crippen MR) is 74.2 cm³/mol. The Labute approximate surface area is 121 Å². The van der Waals surface area contributed by atoms with Crippen molar-refractivity contribution in [2.45, 2.75) is 13.0 Å². The first-order valence-electron chi connectivity index (χ1n) is 6.72. The Hall–Kier alpha value is -2.57. The van der Waals surface area contributed by atoms with E-state index >= 15 is 0 Å². The van der Waals surface area contributed by atoms with Crippen LogP contribution < -0.4 is 10.2 Å². The molecule has 0 bridgehead atoms. The predicted octanol–water partition coefficient (Wildman–Crippen LogP) is 0.682. The van der Waals surface area contributed by atoms with Crippen LogP contribution in [0, 0.1) is 5.92 Å². The van der Waals surface area contributed by atoms with E-state index in [1.54, 1.807) is 47.4 Å². The molecule has 1 N–H and O–H groups in total. The summed E-state index contributed by atoms with van der Waals surface area (Å²) in [6, 6.07) is 3.56. The SMILES string of the molecule is Cn1cc(N2C[C@@H](C(=O)NCc3ccco3)CC2=O)cn1. The summed E-state index contributed by atoms with van der Waals surface area (Å²) in [7, 11) is 1.79. The summed E-state index contributed by atoms with van der Waals surface area (Å²) in [6.07, 6.45) is 5.17. The Kier molecular flexibility index (Phi) is 3.47. The highest BCUT2D eigenvalue weighted by Gasteiger charge is 2.35. The molecule has 0 radical (unpaired) electrons. The minimum atomic E-state index is -0.340. The van der Waals surface area contributed by atoms with Crippen molar-refractivity contribution in [1.82, 2.24) is 15.1 Å². The fourth-order valence-electron chi connectivity index (χ4n) is 2.41. The van der Waals surface area contributed by atoms with Gasteiger partial charge < -0.3 is 14.6 Å². The van der Waals surface area contributed by atoms with Crippen molar-refractivity contribution in [3.8, 4) is 0 Å². The molecule has 0 aliphatic carbocycles. The topological polar surface area (TPSA) is 80.4 Å². The number of hydrogen-bond donors (Lipinski definition) is 1. The maximum atomic E-state index is 12.1. The number of aryl methyl sites for hydroxylation is 1. The summed E-state index contributed by atoms with van der Waals surface area (Å²) >= 11 is 0. The largest absolute Gasteiger partial charge is 0.467 e. The van der Waals surface area contributed by atoms with E-state index in [1.807, 2.05) is 0 Å². The van der Waals surface area contributed by atoms with Gasteiger partial charge in [0.05, 0.1) is 30.6 Å². The second-order valence-electron chi connectivity index (χ2n) is 5.07. The van der Waals surface area contributed by atoms with Gasteiger partial charge >= 0.3 is 0 Å². The van der Waals surface area contributed by atoms with Gasteiger partial charge in [-0.3, -0.25) is 14.3 Å². The first kappa shape index (κ1) is 13.4. The van der Waals surface area contributed by atoms with Gasteiger partial charge in [-0.15, -0.1) is 0 Å². The van der Waals surface area contributed by atoms with Crippen molar-refractivity contribution in [2.24, 2.45) is 13.0 Å². The molecular formula is C14H16N4O3. The number of furan rings is 1. The van der Waals surface area contributed by atoms with Crippen molar-refractivity contribution in [3.63, 3.8) is 0 Å². The molecule has 1 fully saturated rings. The number of aromatic nitrogens is 2. The molecule has 7 nitrogen and oxygen atoms in total. The average molecular weight is 288 g/mol. The van der Waals surface area contributed by atoms with Crippen LogP contribution in [0.2, 0.25) is 0 Å². The van der Waals surface area contributed by atoms with Crippen molar-refractivity contribution < 1.29 is 14.0 Å². The number of hydrogen-bond acceptors (Lipinski definition) is 4. The molecule has 0 spiro atoms. The van der Waals surface area contributed by atoms with Gasteiger partial charge in [0.15, 0.2) is 0 Å². The zero-order chi connectivity index (χ0) is 14.8. The van der Waals surface area contributed by atoms with Crippen molar-refractivity contribution >= 4 is 17.5 Å². The van der Waals surface area contributed by atoms with Crippen LogP contribution in [-0.2, 0) is 23.2 Å². The van der Waals surface area contributed by atoms with Gasteiger partial charge in [-0.05, 0) is 12.1 Å². The van der Waals surface area contributed by atoms with Crippen LogP contribution >= 0.6 is 0 Å². The quantitative estimate of drug-likeness (QED) is 0.897. The lowest BCUT2D eigenvalue weighted by Crippen LogP contribution is -2.32. The molecule has 2 aromatic rings. The lowest BCUT2D eigenvalue weighted by Gasteiger charge is -2.14. The van der Waals surface area contributed by atoms with Crippen LogP contribution in [-0.4, -0.2) is 28.1 Å². The van der Waals surface area contributed by atoms with E-state index in [1.165, 1.54) is 0 Å². The standard InChI is InChI=1S/C14H16N4O3/c1-17-9-11(6-16-17)18-8-10(5-13(18)19)14(20)15-7-12-3-2-4-21-12/h2-4,6,9-10H,5,7-8H2,1H3,(H,15,20)/t10-/m0/s1. The van der Waals surface area contributed by atoms with E-state index < -0.39 is 0 Å². The van der Waals surface area contributed by atoms with Crippen LogP contribution in [0.1, 0.15) is 12.2 Å². The molecule has 1 saturated heterocycles. The van der Waals surface area contributed by atoms with Gasteiger partial charge in [-0.1, -0.05) is 0 Å². The number of nitrogens with one attached hydrogen (secondary N) is 1. The van der Waals surface area contributed by atoms with Gasteiger partial charge in [-0.2, -0.15) is 5.10 Å². The van der Waals surface area contributed by atoms with Gasteiger partial charge in [-0.25, -0.2) is 0 Å². The molecule has 0 aromatic carbocycles. The molecule has 0 unspecified atom stereocenters. The second kappa shape index (κ2) is 5.43. The zero-order valence-corrected chi connectivity index (χ0v) is 11.7. The highest BCUT2D eigenvalue weighted by atomic mass is 16.3. The molecule has 7 heteroatoms. The molecule has 1 aliphatic heterocycles. The Bertz CT molecular complexity index is 647. The summed E-state index contributed by atoms with van der Waals surface area (Å²) in [5.41, 5.74) is 0.726. The van der Waals surface area contributed by atoms with E-state index in [4.69, 9.17) is 4.42 Å². The van der Waals surface area contributed by atoms with E-state index in [9.17, 15) is 9.59 Å². The third kappa shape index (κ3) is 2.81. The normalized spacial score (nSPS) is 18.2. The van der Waals surface area contributed by atoms with Gasteiger partial charge in [0, 0.05) is 26.2 Å². The van der Waals surface area contributed by atoms with Crippen LogP contribution in [0.4, 0.5) is 5.69 Å². The number of amides is 2. The molecule has 1 aliphatic rings. The van der Waals surface area contributed by atoms with Crippen LogP contribution in [0.25, 0.3) is 0 Å². The molecule has 3 rings (SSSR count).